The van der Waals surface area contributed by atoms with Gasteiger partial charge in [0.25, 0.3) is 0 Å². The number of hydrogen-bond acceptors (Lipinski definition) is 6. The van der Waals surface area contributed by atoms with Gasteiger partial charge in [0.2, 0.25) is 5.95 Å². The molecule has 6 nitrogen and oxygen atoms in total. The van der Waals surface area contributed by atoms with Crippen molar-refractivity contribution < 1.29 is 0 Å². The highest BCUT2D eigenvalue weighted by molar-refractivity contribution is 5.61. The molecule has 1 aromatic carbocycles. The average molecular weight is 384 g/mol. The average Bonchev–Trinajstić information content (AvgIpc) is 2.74. The molecule has 0 spiro atoms. The Bertz CT molecular complexity index is 1050. The molecular formula is C23H24N6. The summed E-state index contributed by atoms with van der Waals surface area (Å²) < 4.78 is 0. The third-order valence-corrected chi connectivity index (χ3v) is 5.20. The summed E-state index contributed by atoms with van der Waals surface area (Å²) in [5.41, 5.74) is 15.4. The van der Waals surface area contributed by atoms with E-state index in [-0.39, 0.29) is 5.95 Å². The third kappa shape index (κ3) is 4.30. The maximum Gasteiger partial charge on any atom is 0.222 e. The van der Waals surface area contributed by atoms with Gasteiger partial charge in [-0.1, -0.05) is 42.2 Å². The SMILES string of the molecule is Cc1nc(N)nc(N2CCCC(c3ccccc3)C2)c1C#Cc1ccc(N)nc1. The molecule has 1 saturated heterocycles. The van der Waals surface area contributed by atoms with Crippen molar-refractivity contribution in [3.05, 3.63) is 71.0 Å². The highest BCUT2D eigenvalue weighted by Gasteiger charge is 2.25. The fourth-order valence-electron chi connectivity index (χ4n) is 3.73. The van der Waals surface area contributed by atoms with E-state index in [1.54, 1.807) is 12.3 Å². The van der Waals surface area contributed by atoms with E-state index in [9.17, 15) is 0 Å². The first-order chi connectivity index (χ1) is 14.1. The number of aryl methyl sites for hydroxylation is 1. The normalized spacial score (nSPS) is 16.2. The van der Waals surface area contributed by atoms with Crippen molar-refractivity contribution in [2.24, 2.45) is 0 Å². The second kappa shape index (κ2) is 8.19. The van der Waals surface area contributed by atoms with Gasteiger partial charge in [-0.2, -0.15) is 4.98 Å². The first-order valence-corrected chi connectivity index (χ1v) is 9.77. The maximum absolute atomic E-state index is 5.98. The number of benzene rings is 1. The minimum Gasteiger partial charge on any atom is -0.384 e. The van der Waals surface area contributed by atoms with Crippen LogP contribution in [-0.2, 0) is 0 Å². The molecule has 4 rings (SSSR count). The van der Waals surface area contributed by atoms with Crippen LogP contribution in [0.2, 0.25) is 0 Å². The summed E-state index contributed by atoms with van der Waals surface area (Å²) in [4.78, 5) is 15.3. The van der Waals surface area contributed by atoms with E-state index in [1.807, 2.05) is 13.0 Å². The minimum absolute atomic E-state index is 0.277. The van der Waals surface area contributed by atoms with Crippen molar-refractivity contribution in [3.63, 3.8) is 0 Å². The number of hydrogen-bond donors (Lipinski definition) is 2. The fraction of sp³-hybridized carbons (Fsp3) is 0.261. The summed E-state index contributed by atoms with van der Waals surface area (Å²) in [6.07, 6.45) is 3.93. The van der Waals surface area contributed by atoms with Crippen LogP contribution in [0.4, 0.5) is 17.6 Å². The number of rotatable bonds is 2. The van der Waals surface area contributed by atoms with Crippen LogP contribution in [0, 0.1) is 18.8 Å². The van der Waals surface area contributed by atoms with Crippen molar-refractivity contribution in [1.29, 1.82) is 0 Å². The van der Waals surface area contributed by atoms with Crippen LogP contribution in [0.15, 0.2) is 48.7 Å². The quantitative estimate of drug-likeness (QED) is 0.659. The van der Waals surface area contributed by atoms with Crippen LogP contribution >= 0.6 is 0 Å². The third-order valence-electron chi connectivity index (χ3n) is 5.20. The smallest absolute Gasteiger partial charge is 0.222 e. The first kappa shape index (κ1) is 18.8. The number of nitrogen functional groups attached to an aromatic ring is 2. The van der Waals surface area contributed by atoms with Crippen molar-refractivity contribution in [1.82, 2.24) is 15.0 Å². The lowest BCUT2D eigenvalue weighted by atomic mass is 9.90. The maximum atomic E-state index is 5.98. The summed E-state index contributed by atoms with van der Waals surface area (Å²) in [5, 5.41) is 0. The van der Waals surface area contributed by atoms with Crippen LogP contribution in [0.25, 0.3) is 0 Å². The molecule has 146 valence electrons. The van der Waals surface area contributed by atoms with Gasteiger partial charge >= 0.3 is 0 Å². The van der Waals surface area contributed by atoms with Gasteiger partial charge in [0.1, 0.15) is 11.6 Å². The van der Waals surface area contributed by atoms with Gasteiger partial charge in [0, 0.05) is 30.8 Å². The lowest BCUT2D eigenvalue weighted by Gasteiger charge is -2.34. The van der Waals surface area contributed by atoms with E-state index in [0.29, 0.717) is 11.7 Å². The van der Waals surface area contributed by atoms with Gasteiger partial charge in [-0.25, -0.2) is 9.97 Å². The fourth-order valence-corrected chi connectivity index (χ4v) is 3.73. The molecular weight excluding hydrogens is 360 g/mol. The largest absolute Gasteiger partial charge is 0.384 e. The lowest BCUT2D eigenvalue weighted by Crippen LogP contribution is -2.35. The standard InChI is InChI=1S/C23H24N6/c1-16-20(11-9-17-10-12-21(24)26-14-17)22(28-23(25)27-16)29-13-5-8-19(15-29)18-6-3-2-4-7-18/h2-4,6-7,10,12,14,19H,5,8,13,15H2,1H3,(H2,24,26)(H2,25,27,28). The van der Waals surface area contributed by atoms with E-state index in [4.69, 9.17) is 11.5 Å². The highest BCUT2D eigenvalue weighted by atomic mass is 15.2. The Kier molecular flexibility index (Phi) is 5.30. The Morgan fingerprint density at radius 1 is 1.03 bits per heavy atom. The van der Waals surface area contributed by atoms with Gasteiger partial charge in [-0.15, -0.1) is 0 Å². The number of nitrogens with zero attached hydrogens (tertiary/aromatic N) is 4. The predicted octanol–water partition coefficient (Wildman–Crippen LogP) is 3.13. The Morgan fingerprint density at radius 3 is 2.62 bits per heavy atom. The molecule has 3 aromatic rings. The zero-order valence-electron chi connectivity index (χ0n) is 16.5. The zero-order chi connectivity index (χ0) is 20.2. The second-order valence-electron chi connectivity index (χ2n) is 7.28. The van der Waals surface area contributed by atoms with Gasteiger partial charge in [0.05, 0.1) is 11.3 Å². The Balaban J connectivity index is 1.67. The topological polar surface area (TPSA) is 94.0 Å². The lowest BCUT2D eigenvalue weighted by molar-refractivity contribution is 0.506. The molecule has 4 N–H and O–H groups in total. The van der Waals surface area contributed by atoms with E-state index in [2.05, 4.69) is 62.0 Å². The van der Waals surface area contributed by atoms with Crippen molar-refractivity contribution in [3.8, 4) is 11.8 Å². The van der Waals surface area contributed by atoms with E-state index >= 15 is 0 Å². The molecule has 1 aliphatic rings. The first-order valence-electron chi connectivity index (χ1n) is 9.77. The molecule has 0 amide bonds. The van der Waals surface area contributed by atoms with E-state index < -0.39 is 0 Å². The van der Waals surface area contributed by atoms with Crippen molar-refractivity contribution in [2.75, 3.05) is 29.5 Å². The van der Waals surface area contributed by atoms with Gasteiger partial charge in [0.15, 0.2) is 0 Å². The molecule has 0 radical (unpaired) electrons. The summed E-state index contributed by atoms with van der Waals surface area (Å²) in [6.45, 7) is 3.74. The molecule has 2 aromatic heterocycles. The van der Waals surface area contributed by atoms with Gasteiger partial charge < -0.3 is 16.4 Å². The number of anilines is 3. The summed E-state index contributed by atoms with van der Waals surface area (Å²) >= 11 is 0. The molecule has 1 unspecified atom stereocenters. The molecule has 1 fully saturated rings. The van der Waals surface area contributed by atoms with Gasteiger partial charge in [-0.3, -0.25) is 0 Å². The number of aromatic nitrogens is 3. The summed E-state index contributed by atoms with van der Waals surface area (Å²) in [6, 6.07) is 14.2. The van der Waals surface area contributed by atoms with Crippen LogP contribution in [0.3, 0.4) is 0 Å². The Morgan fingerprint density at radius 2 is 1.86 bits per heavy atom. The molecule has 1 atom stereocenters. The minimum atomic E-state index is 0.277. The van der Waals surface area contributed by atoms with Crippen LogP contribution in [0.1, 0.15) is 41.1 Å². The van der Waals surface area contributed by atoms with Crippen molar-refractivity contribution >= 4 is 17.6 Å². The van der Waals surface area contributed by atoms with E-state index in [1.165, 1.54) is 5.56 Å². The molecule has 29 heavy (non-hydrogen) atoms. The molecule has 6 heteroatoms. The number of piperidine rings is 1. The van der Waals surface area contributed by atoms with Crippen LogP contribution < -0.4 is 16.4 Å². The second-order valence-corrected chi connectivity index (χ2v) is 7.28. The zero-order valence-corrected chi connectivity index (χ0v) is 16.5. The molecule has 0 saturated carbocycles. The Labute approximate surface area is 171 Å². The number of nitrogens with two attached hydrogens (primary N) is 2. The molecule has 0 bridgehead atoms. The predicted molar refractivity (Wildman–Crippen MR) is 116 cm³/mol. The van der Waals surface area contributed by atoms with Crippen LogP contribution in [-0.4, -0.2) is 28.0 Å². The molecule has 1 aliphatic heterocycles. The van der Waals surface area contributed by atoms with Gasteiger partial charge in [-0.05, 0) is 37.5 Å². The molecule has 3 heterocycles. The number of pyridine rings is 1. The summed E-state index contributed by atoms with van der Waals surface area (Å²) in [7, 11) is 0. The summed E-state index contributed by atoms with van der Waals surface area (Å²) in [5.74, 6) is 8.42. The Hall–Kier alpha value is -3.59. The monoisotopic (exact) mass is 384 g/mol. The van der Waals surface area contributed by atoms with E-state index in [0.717, 1.165) is 48.6 Å². The van der Waals surface area contributed by atoms with Crippen molar-refractivity contribution in [2.45, 2.75) is 25.7 Å². The van der Waals surface area contributed by atoms with Crippen LogP contribution in [0.5, 0.6) is 0 Å². The molecule has 0 aliphatic carbocycles. The highest BCUT2D eigenvalue weighted by Crippen LogP contribution is 2.31.